The Kier molecular flexibility index (Phi) is 29.1. The predicted molar refractivity (Wildman–Crippen MR) is 177 cm³/mol. The molecule has 0 fully saturated rings. The molecule has 0 spiro atoms. The third-order valence-electron chi connectivity index (χ3n) is 5.44. The van der Waals surface area contributed by atoms with Gasteiger partial charge in [0.2, 0.25) is 0 Å². The quantitative estimate of drug-likeness (QED) is 0.0606. The summed E-state index contributed by atoms with van der Waals surface area (Å²) in [7, 11) is 7.40. The fourth-order valence-corrected chi connectivity index (χ4v) is 8.37. The highest BCUT2D eigenvalue weighted by atomic mass is 33.1. The summed E-state index contributed by atoms with van der Waals surface area (Å²) in [4.78, 5) is 4.81. The molecule has 0 radical (unpaired) electrons. The number of rotatable bonds is 24. The van der Waals surface area contributed by atoms with Gasteiger partial charge in [0, 0.05) is 50.9 Å². The lowest BCUT2D eigenvalue weighted by Crippen LogP contribution is -2.29. The number of thiocarbonyl (C=S) groups is 2. The Balaban J connectivity index is 3.64. The largest absolute Gasteiger partial charge is 0.381 e. The second-order valence-electron chi connectivity index (χ2n) is 8.76. The smallest absolute Gasteiger partial charge is 0.147 e. The van der Waals surface area contributed by atoms with Crippen LogP contribution in [0.1, 0.15) is 105 Å². The molecule has 0 amide bonds. The number of nitrogens with zero attached hydrogens (tertiary/aromatic N) is 2. The van der Waals surface area contributed by atoms with Crippen LogP contribution in [0.15, 0.2) is 0 Å². The van der Waals surface area contributed by atoms with Crippen molar-refractivity contribution in [3.8, 4) is 0 Å². The van der Waals surface area contributed by atoms with Crippen LogP contribution in [0.2, 0.25) is 0 Å². The number of ether oxygens (including phenoxy) is 1. The predicted octanol–water partition coefficient (Wildman–Crippen LogP) is 9.70. The Morgan fingerprint density at radius 1 is 0.543 bits per heavy atom. The average Bonchev–Trinajstić information content (AvgIpc) is 2.86. The van der Waals surface area contributed by atoms with Gasteiger partial charge in [-0.2, -0.15) is 0 Å². The zero-order valence-electron chi connectivity index (χ0n) is 22.9. The monoisotopic (exact) mass is 600 g/mol. The molecular formula is C26H52N2OS6. The molecule has 0 aromatic carbocycles. The van der Waals surface area contributed by atoms with Crippen LogP contribution in [0.4, 0.5) is 0 Å². The summed E-state index contributed by atoms with van der Waals surface area (Å²) in [6.45, 7) is 15.2. The lowest BCUT2D eigenvalue weighted by Gasteiger charge is -2.24. The topological polar surface area (TPSA) is 15.7 Å². The Morgan fingerprint density at radius 3 is 1.20 bits per heavy atom. The van der Waals surface area contributed by atoms with Crippen LogP contribution in [0.25, 0.3) is 0 Å². The first-order valence-electron chi connectivity index (χ1n) is 13.8. The molecule has 0 atom stereocenters. The van der Waals surface area contributed by atoms with Crippen molar-refractivity contribution in [3.05, 3.63) is 0 Å². The van der Waals surface area contributed by atoms with Gasteiger partial charge in [0.05, 0.1) is 0 Å². The molecule has 9 heteroatoms. The van der Waals surface area contributed by atoms with E-state index in [-0.39, 0.29) is 0 Å². The molecule has 3 nitrogen and oxygen atoms in total. The average molecular weight is 601 g/mol. The van der Waals surface area contributed by atoms with E-state index < -0.39 is 0 Å². The minimum absolute atomic E-state index is 0.880. The van der Waals surface area contributed by atoms with Gasteiger partial charge >= 0.3 is 0 Å². The fraction of sp³-hybridized carbons (Fsp3) is 0.923. The Morgan fingerprint density at radius 2 is 0.886 bits per heavy atom. The molecular weight excluding hydrogens is 549 g/mol. The lowest BCUT2D eigenvalue weighted by molar-refractivity contribution is 0.129. The van der Waals surface area contributed by atoms with Crippen molar-refractivity contribution in [2.24, 2.45) is 0 Å². The maximum absolute atomic E-state index is 5.84. The minimum atomic E-state index is 0.880. The number of hydrogen-bond acceptors (Lipinski definition) is 7. The normalized spacial score (nSPS) is 11.1. The first kappa shape index (κ1) is 36.1. The van der Waals surface area contributed by atoms with Crippen molar-refractivity contribution in [1.82, 2.24) is 9.80 Å². The van der Waals surface area contributed by atoms with Crippen LogP contribution >= 0.6 is 67.6 Å². The van der Waals surface area contributed by atoms with Gasteiger partial charge in [-0.15, -0.1) is 0 Å². The van der Waals surface area contributed by atoms with E-state index in [1.54, 1.807) is 21.6 Å². The highest BCUT2D eigenvalue weighted by Crippen LogP contribution is 2.27. The van der Waals surface area contributed by atoms with E-state index in [0.717, 1.165) is 72.4 Å². The molecule has 0 unspecified atom stereocenters. The van der Waals surface area contributed by atoms with Crippen molar-refractivity contribution in [3.63, 3.8) is 0 Å². The van der Waals surface area contributed by atoms with Gasteiger partial charge in [-0.05, 0) is 73.0 Å². The van der Waals surface area contributed by atoms with Crippen molar-refractivity contribution in [2.45, 2.75) is 105 Å². The standard InChI is InChI=1S/C26H52N2OS6/c1-5-9-17-27(18-10-6-2)25(30)34-32-23-15-13-21-29-22-14-16-24-33-35-26(31)28(19-11-7-3)20-12-8-4/h5-24H2,1-4H3. The molecule has 0 aliphatic rings. The van der Waals surface area contributed by atoms with E-state index in [1.165, 1.54) is 64.2 Å². The van der Waals surface area contributed by atoms with Crippen LogP contribution in [0, 0.1) is 0 Å². The molecule has 0 N–H and O–H groups in total. The van der Waals surface area contributed by atoms with Crippen molar-refractivity contribution in [2.75, 3.05) is 50.9 Å². The first-order chi connectivity index (χ1) is 17.1. The van der Waals surface area contributed by atoms with Crippen LogP contribution in [-0.2, 0) is 4.74 Å². The third-order valence-corrected chi connectivity index (χ3v) is 11.7. The van der Waals surface area contributed by atoms with Crippen LogP contribution < -0.4 is 0 Å². The van der Waals surface area contributed by atoms with E-state index in [1.807, 2.05) is 21.6 Å². The lowest BCUT2D eigenvalue weighted by atomic mass is 10.3. The summed E-state index contributed by atoms with van der Waals surface area (Å²) in [6, 6.07) is 0. The molecule has 0 saturated heterocycles. The van der Waals surface area contributed by atoms with Gasteiger partial charge in [-0.1, -0.05) is 99.4 Å². The molecule has 0 saturated carbocycles. The van der Waals surface area contributed by atoms with Gasteiger partial charge < -0.3 is 14.5 Å². The zero-order valence-corrected chi connectivity index (χ0v) is 27.8. The number of hydrogen-bond donors (Lipinski definition) is 0. The van der Waals surface area contributed by atoms with Crippen LogP contribution in [-0.4, -0.2) is 69.3 Å². The maximum atomic E-state index is 5.84. The Labute approximate surface area is 245 Å². The minimum Gasteiger partial charge on any atom is -0.381 e. The summed E-state index contributed by atoms with van der Waals surface area (Å²) in [5.41, 5.74) is 0. The second-order valence-corrected chi connectivity index (χ2v) is 14.9. The molecule has 208 valence electrons. The van der Waals surface area contributed by atoms with Gasteiger partial charge in [-0.25, -0.2) is 0 Å². The first-order valence-corrected chi connectivity index (χ1v) is 19.3. The molecule has 0 bridgehead atoms. The molecule has 0 rings (SSSR count). The maximum Gasteiger partial charge on any atom is 0.147 e. The summed E-state index contributed by atoms with van der Waals surface area (Å²) in [5, 5.41) is 0. The van der Waals surface area contributed by atoms with Crippen molar-refractivity contribution >= 4 is 76.3 Å². The van der Waals surface area contributed by atoms with E-state index in [2.05, 4.69) is 37.5 Å². The van der Waals surface area contributed by atoms with Crippen LogP contribution in [0.3, 0.4) is 0 Å². The summed E-state index contributed by atoms with van der Waals surface area (Å²) >= 11 is 11.3. The Bertz CT molecular complexity index is 440. The zero-order chi connectivity index (χ0) is 26.0. The third kappa shape index (κ3) is 22.8. The summed E-state index contributed by atoms with van der Waals surface area (Å²) < 4.78 is 7.98. The van der Waals surface area contributed by atoms with Gasteiger partial charge in [0.15, 0.2) is 0 Å². The van der Waals surface area contributed by atoms with E-state index in [9.17, 15) is 0 Å². The van der Waals surface area contributed by atoms with E-state index in [0.29, 0.717) is 0 Å². The molecule has 0 aliphatic heterocycles. The molecule has 0 heterocycles. The highest BCUT2D eigenvalue weighted by Gasteiger charge is 2.10. The van der Waals surface area contributed by atoms with Crippen LogP contribution in [0.5, 0.6) is 0 Å². The van der Waals surface area contributed by atoms with E-state index >= 15 is 0 Å². The van der Waals surface area contributed by atoms with Gasteiger partial charge in [0.25, 0.3) is 0 Å². The summed E-state index contributed by atoms with van der Waals surface area (Å²) in [5.74, 6) is 2.29. The fourth-order valence-electron chi connectivity index (χ4n) is 3.11. The van der Waals surface area contributed by atoms with Crippen molar-refractivity contribution < 1.29 is 4.74 Å². The Hall–Kier alpha value is 1.14. The number of unbranched alkanes of at least 4 members (excludes halogenated alkanes) is 6. The van der Waals surface area contributed by atoms with Gasteiger partial charge in [0.1, 0.15) is 8.64 Å². The highest BCUT2D eigenvalue weighted by molar-refractivity contribution is 8.84. The molecule has 0 aliphatic carbocycles. The van der Waals surface area contributed by atoms with Gasteiger partial charge in [-0.3, -0.25) is 0 Å². The van der Waals surface area contributed by atoms with Crippen molar-refractivity contribution in [1.29, 1.82) is 0 Å². The SMILES string of the molecule is CCCCN(CCCC)C(=S)SSCCCCOCCCCSSC(=S)N(CCCC)CCCC. The molecule has 0 aromatic heterocycles. The van der Waals surface area contributed by atoms with E-state index in [4.69, 9.17) is 29.2 Å². The summed E-state index contributed by atoms with van der Waals surface area (Å²) in [6.07, 6.45) is 14.5. The molecule has 35 heavy (non-hydrogen) atoms. The molecule has 0 aromatic rings. The second kappa shape index (κ2) is 28.2.